The normalized spacial score (nSPS) is 13.0. The van der Waals surface area contributed by atoms with Crippen molar-refractivity contribution in [2.45, 2.75) is 26.3 Å². The molecule has 0 spiro atoms. The lowest BCUT2D eigenvalue weighted by Gasteiger charge is -2.23. The van der Waals surface area contributed by atoms with Gasteiger partial charge >= 0.3 is 5.97 Å². The monoisotopic (exact) mass is 360 g/mol. The summed E-state index contributed by atoms with van der Waals surface area (Å²) < 4.78 is 10.5. The average Bonchev–Trinajstić information content (AvgIpc) is 2.57. The number of benzene rings is 1. The predicted octanol–water partition coefficient (Wildman–Crippen LogP) is 1.38. The molecule has 1 aromatic rings. The number of hydrogen-bond acceptors (Lipinski definition) is 5. The summed E-state index contributed by atoms with van der Waals surface area (Å²) in [6.45, 7) is 5.11. The Balaban J connectivity index is 1.84. The van der Waals surface area contributed by atoms with Gasteiger partial charge in [0.25, 0.3) is 5.91 Å². The number of amides is 2. The summed E-state index contributed by atoms with van der Waals surface area (Å²) in [4.78, 5) is 37.2. The molecule has 0 aliphatic carbocycles. The Hall–Kier alpha value is -2.83. The SMILES string of the molecule is CN(CC(=O)NC(C)(C)C)C(=O)COC(=O)C1=Cc2ccccc2OC1. The summed E-state index contributed by atoms with van der Waals surface area (Å²) in [7, 11) is 1.48. The van der Waals surface area contributed by atoms with Gasteiger partial charge in [0.1, 0.15) is 12.4 Å². The van der Waals surface area contributed by atoms with Gasteiger partial charge in [-0.05, 0) is 32.9 Å². The highest BCUT2D eigenvalue weighted by molar-refractivity contribution is 5.96. The van der Waals surface area contributed by atoms with Crippen LogP contribution in [0.5, 0.6) is 5.75 Å². The van der Waals surface area contributed by atoms with E-state index in [-0.39, 0.29) is 24.6 Å². The van der Waals surface area contributed by atoms with Crippen LogP contribution in [0.1, 0.15) is 26.3 Å². The topological polar surface area (TPSA) is 84.9 Å². The van der Waals surface area contributed by atoms with Gasteiger partial charge < -0.3 is 19.7 Å². The molecule has 26 heavy (non-hydrogen) atoms. The lowest BCUT2D eigenvalue weighted by Crippen LogP contribution is -2.47. The number of nitrogens with one attached hydrogen (secondary N) is 1. The zero-order chi connectivity index (χ0) is 19.3. The maximum Gasteiger partial charge on any atom is 0.338 e. The standard InChI is InChI=1S/C19H24N2O5/c1-19(2,3)20-16(22)10-21(4)17(23)12-26-18(24)14-9-13-7-5-6-8-15(13)25-11-14/h5-9H,10-12H2,1-4H3,(H,20,22). The largest absolute Gasteiger partial charge is 0.488 e. The third kappa shape index (κ3) is 5.61. The molecule has 2 rings (SSSR count). The van der Waals surface area contributed by atoms with E-state index in [2.05, 4.69) is 5.32 Å². The number of rotatable bonds is 5. The average molecular weight is 360 g/mol. The molecule has 0 saturated carbocycles. The van der Waals surface area contributed by atoms with Gasteiger partial charge in [-0.15, -0.1) is 0 Å². The first kappa shape index (κ1) is 19.5. The van der Waals surface area contributed by atoms with Crippen LogP contribution in [0.3, 0.4) is 0 Å². The summed E-state index contributed by atoms with van der Waals surface area (Å²) >= 11 is 0. The Morgan fingerprint density at radius 3 is 2.62 bits per heavy atom. The van der Waals surface area contributed by atoms with Gasteiger partial charge in [-0.3, -0.25) is 9.59 Å². The summed E-state index contributed by atoms with van der Waals surface area (Å²) in [5, 5.41) is 2.76. The molecule has 0 radical (unpaired) electrons. The van der Waals surface area contributed by atoms with Gasteiger partial charge in [-0.25, -0.2) is 4.79 Å². The van der Waals surface area contributed by atoms with Gasteiger partial charge in [-0.2, -0.15) is 0 Å². The second-order valence-corrected chi connectivity index (χ2v) is 7.12. The first-order chi connectivity index (χ1) is 12.2. The second kappa shape index (κ2) is 8.03. The van der Waals surface area contributed by atoms with Gasteiger partial charge in [0.15, 0.2) is 6.61 Å². The number of carbonyl (C=O) groups is 3. The molecule has 1 aliphatic heterocycles. The van der Waals surface area contributed by atoms with Crippen molar-refractivity contribution in [1.29, 1.82) is 0 Å². The van der Waals surface area contributed by atoms with Gasteiger partial charge in [0.2, 0.25) is 5.91 Å². The number of para-hydroxylation sites is 1. The van der Waals surface area contributed by atoms with Crippen molar-refractivity contribution >= 4 is 23.9 Å². The fourth-order valence-corrected chi connectivity index (χ4v) is 2.33. The molecular weight excluding hydrogens is 336 g/mol. The molecule has 1 N–H and O–H groups in total. The number of likely N-dealkylation sites (N-methyl/N-ethyl adjacent to an activating group) is 1. The molecular formula is C19H24N2O5. The number of hydrogen-bond donors (Lipinski definition) is 1. The van der Waals surface area contributed by atoms with Gasteiger partial charge in [0.05, 0.1) is 12.1 Å². The molecule has 2 amide bonds. The van der Waals surface area contributed by atoms with E-state index in [0.717, 1.165) is 5.56 Å². The van der Waals surface area contributed by atoms with Crippen molar-refractivity contribution in [2.24, 2.45) is 0 Å². The minimum Gasteiger partial charge on any atom is -0.488 e. The maximum absolute atomic E-state index is 12.1. The van der Waals surface area contributed by atoms with Crippen LogP contribution in [0.4, 0.5) is 0 Å². The number of esters is 1. The van der Waals surface area contributed by atoms with E-state index < -0.39 is 18.5 Å². The van der Waals surface area contributed by atoms with Crippen molar-refractivity contribution in [3.05, 3.63) is 35.4 Å². The highest BCUT2D eigenvalue weighted by atomic mass is 16.5. The zero-order valence-corrected chi connectivity index (χ0v) is 15.5. The number of carbonyl (C=O) groups excluding carboxylic acids is 3. The van der Waals surface area contributed by atoms with Gasteiger partial charge in [0, 0.05) is 18.2 Å². The summed E-state index contributed by atoms with van der Waals surface area (Å²) in [5.74, 6) is -0.648. The van der Waals surface area contributed by atoms with Crippen LogP contribution in [0.15, 0.2) is 29.8 Å². The van der Waals surface area contributed by atoms with Crippen LogP contribution >= 0.6 is 0 Å². The lowest BCUT2D eigenvalue weighted by molar-refractivity contribution is -0.149. The minimum atomic E-state index is -0.611. The van der Waals surface area contributed by atoms with E-state index in [1.807, 2.05) is 45.0 Å². The van der Waals surface area contributed by atoms with Crippen molar-refractivity contribution in [3.63, 3.8) is 0 Å². The molecule has 0 atom stereocenters. The molecule has 140 valence electrons. The lowest BCUT2D eigenvalue weighted by atomic mass is 10.1. The van der Waals surface area contributed by atoms with Crippen LogP contribution in [-0.2, 0) is 19.1 Å². The van der Waals surface area contributed by atoms with E-state index in [1.165, 1.54) is 11.9 Å². The number of nitrogens with zero attached hydrogens (tertiary/aromatic N) is 1. The Bertz CT molecular complexity index is 734. The molecule has 1 aromatic carbocycles. The molecule has 1 heterocycles. The van der Waals surface area contributed by atoms with Crippen LogP contribution in [0.2, 0.25) is 0 Å². The van der Waals surface area contributed by atoms with Gasteiger partial charge in [-0.1, -0.05) is 18.2 Å². The fourth-order valence-electron chi connectivity index (χ4n) is 2.33. The summed E-state index contributed by atoms with van der Waals surface area (Å²) in [5.41, 5.74) is 0.745. The van der Waals surface area contributed by atoms with Crippen molar-refractivity contribution in [1.82, 2.24) is 10.2 Å². The number of ether oxygens (including phenoxy) is 2. The molecule has 0 saturated heterocycles. The van der Waals surface area contributed by atoms with E-state index in [1.54, 1.807) is 6.08 Å². The third-order valence-electron chi connectivity index (χ3n) is 3.54. The maximum atomic E-state index is 12.1. The Morgan fingerprint density at radius 1 is 1.23 bits per heavy atom. The minimum absolute atomic E-state index is 0.0911. The van der Waals surface area contributed by atoms with Crippen molar-refractivity contribution in [2.75, 3.05) is 26.8 Å². The van der Waals surface area contributed by atoms with E-state index in [4.69, 9.17) is 9.47 Å². The predicted molar refractivity (Wildman–Crippen MR) is 96.4 cm³/mol. The Morgan fingerprint density at radius 2 is 1.92 bits per heavy atom. The zero-order valence-electron chi connectivity index (χ0n) is 15.5. The molecule has 0 bridgehead atoms. The Kier molecular flexibility index (Phi) is 6.02. The smallest absolute Gasteiger partial charge is 0.338 e. The van der Waals surface area contributed by atoms with Crippen molar-refractivity contribution in [3.8, 4) is 5.75 Å². The summed E-state index contributed by atoms with van der Waals surface area (Å²) in [6, 6.07) is 7.33. The summed E-state index contributed by atoms with van der Waals surface area (Å²) in [6.07, 6.45) is 1.69. The number of fused-ring (bicyclic) bond motifs is 1. The molecule has 7 heteroatoms. The highest BCUT2D eigenvalue weighted by Crippen LogP contribution is 2.26. The van der Waals surface area contributed by atoms with Crippen LogP contribution in [-0.4, -0.2) is 55.0 Å². The quantitative estimate of drug-likeness (QED) is 0.802. The van der Waals surface area contributed by atoms with Crippen molar-refractivity contribution < 1.29 is 23.9 Å². The fraction of sp³-hybridized carbons (Fsp3) is 0.421. The second-order valence-electron chi connectivity index (χ2n) is 7.12. The first-order valence-electron chi connectivity index (χ1n) is 8.30. The molecule has 0 aromatic heterocycles. The van der Waals surface area contributed by atoms with E-state index in [9.17, 15) is 14.4 Å². The van der Waals surface area contributed by atoms with E-state index >= 15 is 0 Å². The van der Waals surface area contributed by atoms with E-state index in [0.29, 0.717) is 11.3 Å². The van der Waals surface area contributed by atoms with Crippen LogP contribution in [0.25, 0.3) is 6.08 Å². The molecule has 1 aliphatic rings. The molecule has 0 unspecified atom stereocenters. The molecule has 7 nitrogen and oxygen atoms in total. The first-order valence-corrected chi connectivity index (χ1v) is 8.30. The molecule has 0 fully saturated rings. The third-order valence-corrected chi connectivity index (χ3v) is 3.54. The van der Waals surface area contributed by atoms with Crippen LogP contribution in [0, 0.1) is 0 Å². The van der Waals surface area contributed by atoms with Crippen LogP contribution < -0.4 is 10.1 Å². The Labute approximate surface area is 153 Å². The highest BCUT2D eigenvalue weighted by Gasteiger charge is 2.21.